The van der Waals surface area contributed by atoms with E-state index in [1.807, 2.05) is 6.07 Å². The predicted octanol–water partition coefficient (Wildman–Crippen LogP) is 5.09. The second kappa shape index (κ2) is 7.33. The van der Waals surface area contributed by atoms with Gasteiger partial charge < -0.3 is 15.2 Å². The van der Waals surface area contributed by atoms with Crippen molar-refractivity contribution >= 4 is 10.9 Å². The van der Waals surface area contributed by atoms with Gasteiger partial charge in [0.15, 0.2) is 5.60 Å². The highest BCUT2D eigenvalue weighted by Gasteiger charge is 2.56. The second-order valence-electron chi connectivity index (χ2n) is 8.10. The third kappa shape index (κ3) is 3.98. The molecule has 1 unspecified atom stereocenters. The van der Waals surface area contributed by atoms with Gasteiger partial charge in [-0.05, 0) is 48.2 Å². The van der Waals surface area contributed by atoms with E-state index in [4.69, 9.17) is 0 Å². The molecule has 158 valence electrons. The van der Waals surface area contributed by atoms with Crippen LogP contribution in [0, 0.1) is 17.1 Å². The Morgan fingerprint density at radius 3 is 2.43 bits per heavy atom. The number of hydrogen-bond donors (Lipinski definition) is 3. The number of phenols is 1. The molecule has 1 aromatic heterocycles. The number of aromatic hydroxyl groups is 1. The monoisotopic (exact) mass is 420 g/mol. The zero-order valence-corrected chi connectivity index (χ0v) is 16.3. The number of H-pyrrole nitrogens is 1. The van der Waals surface area contributed by atoms with Crippen LogP contribution in [0.2, 0.25) is 0 Å². The minimum atomic E-state index is -5.00. The third-order valence-corrected chi connectivity index (χ3v) is 5.27. The van der Waals surface area contributed by atoms with Gasteiger partial charge in [0.05, 0.1) is 11.6 Å². The van der Waals surface area contributed by atoms with Crippen LogP contribution in [0.3, 0.4) is 0 Å². The van der Waals surface area contributed by atoms with E-state index in [9.17, 15) is 33.0 Å². The Bertz CT molecular complexity index is 1130. The maximum Gasteiger partial charge on any atom is 0.417 e. The molecular weight excluding hydrogens is 400 g/mol. The summed E-state index contributed by atoms with van der Waals surface area (Å²) in [5.74, 6) is -1.05. The number of aromatic amines is 1. The summed E-state index contributed by atoms with van der Waals surface area (Å²) in [5, 5.41) is 30.4. The van der Waals surface area contributed by atoms with Gasteiger partial charge in [0.25, 0.3) is 0 Å². The molecular formula is C22H20F4N2O2. The van der Waals surface area contributed by atoms with Gasteiger partial charge in [-0.1, -0.05) is 19.9 Å². The molecule has 1 heterocycles. The van der Waals surface area contributed by atoms with E-state index in [0.717, 1.165) is 18.2 Å². The van der Waals surface area contributed by atoms with Gasteiger partial charge in [0, 0.05) is 28.6 Å². The van der Waals surface area contributed by atoms with Crippen LogP contribution in [-0.4, -0.2) is 27.0 Å². The quantitative estimate of drug-likeness (QED) is 0.503. The Balaban J connectivity index is 2.01. The fraction of sp³-hybridized carbons (Fsp3) is 0.318. The number of alkyl halides is 3. The summed E-state index contributed by atoms with van der Waals surface area (Å²) in [6.45, 7) is 2.80. The molecule has 0 aliphatic rings. The van der Waals surface area contributed by atoms with Gasteiger partial charge in [-0.15, -0.1) is 0 Å². The standard InChI is InChI=1S/C22H20F4N2O2/c1-20(2,17-8-14(23)6-7-19(17)29)12-21(30,22(24,25)26)10-15-9-16-13(11-27)4-3-5-18(16)28-15/h3-9,28-30H,10,12H2,1-2H3. The zero-order valence-electron chi connectivity index (χ0n) is 16.3. The molecule has 4 nitrogen and oxygen atoms in total. The highest BCUT2D eigenvalue weighted by molar-refractivity contribution is 5.86. The van der Waals surface area contributed by atoms with E-state index in [1.54, 1.807) is 18.2 Å². The van der Waals surface area contributed by atoms with Gasteiger partial charge in [-0.2, -0.15) is 18.4 Å². The molecule has 0 aliphatic heterocycles. The van der Waals surface area contributed by atoms with Crippen molar-refractivity contribution in [1.29, 1.82) is 5.26 Å². The van der Waals surface area contributed by atoms with Crippen molar-refractivity contribution < 1.29 is 27.8 Å². The topological polar surface area (TPSA) is 80.0 Å². The predicted molar refractivity (Wildman–Crippen MR) is 103 cm³/mol. The minimum Gasteiger partial charge on any atom is -0.508 e. The number of nitrogens with one attached hydrogen (secondary N) is 1. The van der Waals surface area contributed by atoms with E-state index in [-0.39, 0.29) is 17.0 Å². The SMILES string of the molecule is CC(C)(CC(O)(Cc1cc2c(C#N)cccc2[nH]1)C(F)(F)F)c1cc(F)ccc1O. The Hall–Kier alpha value is -3.05. The highest BCUT2D eigenvalue weighted by atomic mass is 19.4. The normalized spacial score (nSPS) is 14.5. The van der Waals surface area contributed by atoms with Crippen molar-refractivity contribution in [1.82, 2.24) is 4.98 Å². The van der Waals surface area contributed by atoms with E-state index < -0.39 is 35.9 Å². The van der Waals surface area contributed by atoms with Crippen LogP contribution in [0.4, 0.5) is 17.6 Å². The van der Waals surface area contributed by atoms with Gasteiger partial charge in [0.1, 0.15) is 11.6 Å². The molecule has 0 saturated heterocycles. The summed E-state index contributed by atoms with van der Waals surface area (Å²) in [7, 11) is 0. The second-order valence-corrected chi connectivity index (χ2v) is 8.10. The third-order valence-electron chi connectivity index (χ3n) is 5.27. The first-order chi connectivity index (χ1) is 13.9. The van der Waals surface area contributed by atoms with Crippen molar-refractivity contribution in [3.8, 4) is 11.8 Å². The zero-order chi connectivity index (χ0) is 22.3. The number of halogens is 4. The van der Waals surface area contributed by atoms with Crippen molar-refractivity contribution in [2.75, 3.05) is 0 Å². The summed E-state index contributed by atoms with van der Waals surface area (Å²) < 4.78 is 55.5. The lowest BCUT2D eigenvalue weighted by Crippen LogP contribution is -2.50. The maximum atomic E-state index is 14.0. The molecule has 3 aromatic rings. The first-order valence-corrected chi connectivity index (χ1v) is 9.15. The number of nitriles is 1. The number of fused-ring (bicyclic) bond motifs is 1. The fourth-order valence-corrected chi connectivity index (χ4v) is 3.86. The van der Waals surface area contributed by atoms with Crippen LogP contribution in [-0.2, 0) is 11.8 Å². The van der Waals surface area contributed by atoms with Crippen molar-refractivity contribution in [3.63, 3.8) is 0 Å². The van der Waals surface area contributed by atoms with Gasteiger partial charge >= 0.3 is 6.18 Å². The average Bonchev–Trinajstić information content (AvgIpc) is 3.04. The number of aliphatic hydroxyl groups is 1. The van der Waals surface area contributed by atoms with Gasteiger partial charge in [-0.3, -0.25) is 0 Å². The first-order valence-electron chi connectivity index (χ1n) is 9.15. The summed E-state index contributed by atoms with van der Waals surface area (Å²) in [6.07, 6.45) is -6.61. The minimum absolute atomic E-state index is 0.0337. The van der Waals surface area contributed by atoms with Gasteiger partial charge in [-0.25, -0.2) is 4.39 Å². The van der Waals surface area contributed by atoms with Crippen molar-refractivity contribution in [3.05, 3.63) is 65.1 Å². The molecule has 0 amide bonds. The summed E-state index contributed by atoms with van der Waals surface area (Å²) >= 11 is 0. The van der Waals surface area contributed by atoms with Crippen LogP contribution >= 0.6 is 0 Å². The van der Waals surface area contributed by atoms with E-state index in [1.165, 1.54) is 19.9 Å². The molecule has 8 heteroatoms. The summed E-state index contributed by atoms with van der Waals surface area (Å²) in [6, 6.07) is 11.2. The maximum absolute atomic E-state index is 14.0. The van der Waals surface area contributed by atoms with Crippen molar-refractivity contribution in [2.45, 2.75) is 43.9 Å². The highest BCUT2D eigenvalue weighted by Crippen LogP contribution is 2.45. The van der Waals surface area contributed by atoms with Crippen LogP contribution in [0.15, 0.2) is 42.5 Å². The molecule has 30 heavy (non-hydrogen) atoms. The fourth-order valence-electron chi connectivity index (χ4n) is 3.86. The number of aromatic nitrogens is 1. The van der Waals surface area contributed by atoms with Gasteiger partial charge in [0.2, 0.25) is 0 Å². The first kappa shape index (κ1) is 21.7. The molecule has 0 radical (unpaired) electrons. The van der Waals surface area contributed by atoms with Crippen LogP contribution in [0.5, 0.6) is 5.75 Å². The number of rotatable bonds is 5. The number of hydrogen-bond acceptors (Lipinski definition) is 3. The Morgan fingerprint density at radius 1 is 1.10 bits per heavy atom. The van der Waals surface area contributed by atoms with E-state index >= 15 is 0 Å². The molecule has 0 bridgehead atoms. The summed E-state index contributed by atoms with van der Waals surface area (Å²) in [5.41, 5.74) is -3.71. The van der Waals surface area contributed by atoms with E-state index in [0.29, 0.717) is 16.5 Å². The van der Waals surface area contributed by atoms with Crippen LogP contribution < -0.4 is 0 Å². The molecule has 3 rings (SSSR count). The summed E-state index contributed by atoms with van der Waals surface area (Å²) in [4.78, 5) is 2.82. The smallest absolute Gasteiger partial charge is 0.417 e. The molecule has 3 N–H and O–H groups in total. The molecule has 1 atom stereocenters. The molecule has 2 aromatic carbocycles. The lowest BCUT2D eigenvalue weighted by atomic mass is 9.73. The van der Waals surface area contributed by atoms with E-state index in [2.05, 4.69) is 4.98 Å². The van der Waals surface area contributed by atoms with Crippen LogP contribution in [0.25, 0.3) is 10.9 Å². The molecule has 0 saturated carbocycles. The Kier molecular flexibility index (Phi) is 5.29. The number of nitrogens with zero attached hydrogens (tertiary/aromatic N) is 1. The van der Waals surface area contributed by atoms with Crippen molar-refractivity contribution in [2.24, 2.45) is 0 Å². The number of benzene rings is 2. The molecule has 0 fully saturated rings. The average molecular weight is 420 g/mol. The Labute approximate surface area is 170 Å². The lowest BCUT2D eigenvalue weighted by molar-refractivity contribution is -0.266. The Morgan fingerprint density at radius 2 is 1.80 bits per heavy atom. The molecule has 0 spiro atoms. The number of phenolic OH excluding ortho intramolecular Hbond substituents is 1. The largest absolute Gasteiger partial charge is 0.508 e. The molecule has 0 aliphatic carbocycles. The van der Waals surface area contributed by atoms with Crippen LogP contribution in [0.1, 0.15) is 37.1 Å². The lowest BCUT2D eigenvalue weighted by Gasteiger charge is -2.38.